The summed E-state index contributed by atoms with van der Waals surface area (Å²) in [7, 11) is 1.51. The molecule has 1 N–H and O–H groups in total. The molecule has 0 bridgehead atoms. The molecule has 0 saturated carbocycles. The molecule has 0 aliphatic heterocycles. The number of rotatable bonds is 5. The number of hydrogen-bond donors (Lipinski definition) is 1. The van der Waals surface area contributed by atoms with E-state index in [1.165, 1.54) is 7.11 Å². The first kappa shape index (κ1) is 11.0. The predicted molar refractivity (Wildman–Crippen MR) is 47.5 cm³/mol. The molecule has 3 nitrogen and oxygen atoms in total. The number of methoxy groups -OCH3 is 1. The van der Waals surface area contributed by atoms with Gasteiger partial charge in [0.05, 0.1) is 0 Å². The third-order valence-corrected chi connectivity index (χ3v) is 1.52. The standard InChI is InChI=1S/C9H15NO2/c1-4-5-6-7-10-9(11)8(2)12-3/h1,8H,5-7H2,2-3H3,(H,10,11). The first-order valence-corrected chi connectivity index (χ1v) is 3.96. The van der Waals surface area contributed by atoms with Crippen molar-refractivity contribution in [2.45, 2.75) is 25.9 Å². The fraction of sp³-hybridized carbons (Fsp3) is 0.667. The average molecular weight is 169 g/mol. The molecule has 0 aromatic rings. The van der Waals surface area contributed by atoms with E-state index in [0.29, 0.717) is 13.0 Å². The number of terminal acetylenes is 1. The number of unbranched alkanes of at least 4 members (excludes halogenated alkanes) is 1. The van der Waals surface area contributed by atoms with Gasteiger partial charge in [0.2, 0.25) is 5.91 Å². The van der Waals surface area contributed by atoms with Crippen molar-refractivity contribution in [1.82, 2.24) is 5.32 Å². The number of hydrogen-bond acceptors (Lipinski definition) is 2. The van der Waals surface area contributed by atoms with Gasteiger partial charge in [-0.2, -0.15) is 0 Å². The highest BCUT2D eigenvalue weighted by atomic mass is 16.5. The Morgan fingerprint density at radius 2 is 2.42 bits per heavy atom. The second-order valence-corrected chi connectivity index (χ2v) is 2.48. The van der Waals surface area contributed by atoms with E-state index in [1.54, 1.807) is 6.92 Å². The molecule has 0 rings (SSSR count). The summed E-state index contributed by atoms with van der Waals surface area (Å²) in [6, 6.07) is 0. The highest BCUT2D eigenvalue weighted by molar-refractivity contribution is 5.80. The van der Waals surface area contributed by atoms with E-state index in [1.807, 2.05) is 0 Å². The van der Waals surface area contributed by atoms with Crippen LogP contribution in [0.4, 0.5) is 0 Å². The van der Waals surface area contributed by atoms with Crippen LogP contribution in [-0.4, -0.2) is 25.7 Å². The maximum absolute atomic E-state index is 11.0. The Kier molecular flexibility index (Phi) is 6.12. The number of carbonyl (C=O) groups is 1. The number of carbonyl (C=O) groups excluding carboxylic acids is 1. The van der Waals surface area contributed by atoms with E-state index in [0.717, 1.165) is 6.42 Å². The van der Waals surface area contributed by atoms with Crippen molar-refractivity contribution in [1.29, 1.82) is 0 Å². The fourth-order valence-corrected chi connectivity index (χ4v) is 0.653. The van der Waals surface area contributed by atoms with Gasteiger partial charge in [-0.3, -0.25) is 4.79 Å². The van der Waals surface area contributed by atoms with Crippen LogP contribution < -0.4 is 5.32 Å². The lowest BCUT2D eigenvalue weighted by atomic mass is 10.3. The van der Waals surface area contributed by atoms with Gasteiger partial charge < -0.3 is 10.1 Å². The van der Waals surface area contributed by atoms with Gasteiger partial charge in [0.25, 0.3) is 0 Å². The van der Waals surface area contributed by atoms with Crippen LogP contribution in [-0.2, 0) is 9.53 Å². The summed E-state index contributed by atoms with van der Waals surface area (Å²) in [6.07, 6.45) is 6.18. The Labute approximate surface area is 73.5 Å². The summed E-state index contributed by atoms with van der Waals surface area (Å²) >= 11 is 0. The average Bonchev–Trinajstić information content (AvgIpc) is 2.10. The second kappa shape index (κ2) is 6.68. The quantitative estimate of drug-likeness (QED) is 0.482. The Balaban J connectivity index is 3.39. The molecule has 0 fully saturated rings. The second-order valence-electron chi connectivity index (χ2n) is 2.48. The normalized spacial score (nSPS) is 11.8. The van der Waals surface area contributed by atoms with E-state index in [9.17, 15) is 4.79 Å². The van der Waals surface area contributed by atoms with Crippen molar-refractivity contribution in [3.63, 3.8) is 0 Å². The van der Waals surface area contributed by atoms with Crippen LogP contribution in [0.15, 0.2) is 0 Å². The van der Waals surface area contributed by atoms with Crippen LogP contribution in [0.5, 0.6) is 0 Å². The van der Waals surface area contributed by atoms with Crippen LogP contribution >= 0.6 is 0 Å². The lowest BCUT2D eigenvalue weighted by molar-refractivity contribution is -0.130. The molecule has 3 heteroatoms. The maximum atomic E-state index is 11.0. The van der Waals surface area contributed by atoms with Gasteiger partial charge in [-0.15, -0.1) is 12.3 Å². The summed E-state index contributed by atoms with van der Waals surface area (Å²) in [6.45, 7) is 2.33. The minimum absolute atomic E-state index is 0.0884. The minimum Gasteiger partial charge on any atom is -0.372 e. The molecule has 0 saturated heterocycles. The first-order chi connectivity index (χ1) is 5.72. The van der Waals surface area contributed by atoms with E-state index in [2.05, 4.69) is 11.2 Å². The maximum Gasteiger partial charge on any atom is 0.248 e. The molecule has 0 aromatic carbocycles. The van der Waals surface area contributed by atoms with Gasteiger partial charge in [0.1, 0.15) is 6.10 Å². The topological polar surface area (TPSA) is 38.3 Å². The van der Waals surface area contributed by atoms with Crippen molar-refractivity contribution < 1.29 is 9.53 Å². The van der Waals surface area contributed by atoms with Gasteiger partial charge in [0.15, 0.2) is 0 Å². The van der Waals surface area contributed by atoms with Crippen LogP contribution in [0.3, 0.4) is 0 Å². The summed E-state index contributed by atoms with van der Waals surface area (Å²) in [4.78, 5) is 11.0. The van der Waals surface area contributed by atoms with Crippen molar-refractivity contribution >= 4 is 5.91 Å². The molecule has 1 atom stereocenters. The summed E-state index contributed by atoms with van der Waals surface area (Å²) in [5.74, 6) is 2.41. The molecule has 0 aromatic heterocycles. The number of ether oxygens (including phenoxy) is 1. The molecule has 12 heavy (non-hydrogen) atoms. The highest BCUT2D eigenvalue weighted by Gasteiger charge is 2.09. The molecule has 0 aliphatic rings. The van der Waals surface area contributed by atoms with Crippen LogP contribution in [0.2, 0.25) is 0 Å². The van der Waals surface area contributed by atoms with Crippen molar-refractivity contribution in [3.8, 4) is 12.3 Å². The zero-order valence-corrected chi connectivity index (χ0v) is 7.59. The van der Waals surface area contributed by atoms with Gasteiger partial charge in [-0.25, -0.2) is 0 Å². The lowest BCUT2D eigenvalue weighted by Crippen LogP contribution is -2.34. The molecular formula is C9H15NO2. The third-order valence-electron chi connectivity index (χ3n) is 1.52. The highest BCUT2D eigenvalue weighted by Crippen LogP contribution is 1.88. The van der Waals surface area contributed by atoms with E-state index in [4.69, 9.17) is 11.2 Å². The van der Waals surface area contributed by atoms with Crippen LogP contribution in [0.1, 0.15) is 19.8 Å². The Bertz CT molecular complexity index is 172. The molecule has 0 aliphatic carbocycles. The summed E-state index contributed by atoms with van der Waals surface area (Å²) < 4.78 is 4.82. The Hall–Kier alpha value is -1.01. The van der Waals surface area contributed by atoms with Crippen molar-refractivity contribution in [2.75, 3.05) is 13.7 Å². The van der Waals surface area contributed by atoms with E-state index in [-0.39, 0.29) is 12.0 Å². The predicted octanol–water partition coefficient (Wildman–Crippen LogP) is 0.551. The van der Waals surface area contributed by atoms with Crippen LogP contribution in [0.25, 0.3) is 0 Å². The van der Waals surface area contributed by atoms with E-state index >= 15 is 0 Å². The summed E-state index contributed by atoms with van der Waals surface area (Å²) in [5, 5.41) is 2.71. The Morgan fingerprint density at radius 3 is 2.92 bits per heavy atom. The molecule has 0 heterocycles. The monoisotopic (exact) mass is 169 g/mol. The summed E-state index contributed by atoms with van der Waals surface area (Å²) in [5.41, 5.74) is 0. The molecule has 0 radical (unpaired) electrons. The number of nitrogens with one attached hydrogen (secondary N) is 1. The van der Waals surface area contributed by atoms with Crippen LogP contribution in [0, 0.1) is 12.3 Å². The molecule has 0 spiro atoms. The zero-order valence-electron chi connectivity index (χ0n) is 7.59. The third kappa shape index (κ3) is 4.75. The SMILES string of the molecule is C#CCCCNC(=O)C(C)OC. The van der Waals surface area contributed by atoms with E-state index < -0.39 is 0 Å². The van der Waals surface area contributed by atoms with Gasteiger partial charge in [-0.1, -0.05) is 0 Å². The molecule has 68 valence electrons. The molecule has 1 unspecified atom stereocenters. The lowest BCUT2D eigenvalue weighted by Gasteiger charge is -2.09. The Morgan fingerprint density at radius 1 is 1.75 bits per heavy atom. The zero-order chi connectivity index (χ0) is 9.40. The minimum atomic E-state index is -0.379. The smallest absolute Gasteiger partial charge is 0.248 e. The first-order valence-electron chi connectivity index (χ1n) is 3.96. The number of amides is 1. The van der Waals surface area contributed by atoms with Crippen molar-refractivity contribution in [3.05, 3.63) is 0 Å². The molecular weight excluding hydrogens is 154 g/mol. The fourth-order valence-electron chi connectivity index (χ4n) is 0.653. The molecule has 1 amide bonds. The van der Waals surface area contributed by atoms with Gasteiger partial charge >= 0.3 is 0 Å². The van der Waals surface area contributed by atoms with Gasteiger partial charge in [0, 0.05) is 20.1 Å². The van der Waals surface area contributed by atoms with Gasteiger partial charge in [-0.05, 0) is 13.3 Å². The van der Waals surface area contributed by atoms with Crippen molar-refractivity contribution in [2.24, 2.45) is 0 Å². The largest absolute Gasteiger partial charge is 0.372 e.